The molecule has 0 bridgehead atoms. The van der Waals surface area contributed by atoms with Crippen molar-refractivity contribution in [3.05, 3.63) is 461 Å². The van der Waals surface area contributed by atoms with Gasteiger partial charge in [-0.15, -0.1) is 0 Å². The van der Waals surface area contributed by atoms with Crippen molar-refractivity contribution in [2.24, 2.45) is 0 Å². The molecular weight excluding hydrogens is 1530 g/mol. The fraction of sp³-hybridized carbons (Fsp3) is 0. The van der Waals surface area contributed by atoms with E-state index < -0.39 is 0 Å². The van der Waals surface area contributed by atoms with Crippen molar-refractivity contribution in [2.75, 3.05) is 0 Å². The summed E-state index contributed by atoms with van der Waals surface area (Å²) in [7, 11) is 0. The van der Waals surface area contributed by atoms with Crippen LogP contribution in [0.3, 0.4) is 0 Å². The van der Waals surface area contributed by atoms with E-state index >= 15 is 0 Å². The number of hydrogen-bond acceptors (Lipinski definition) is 0. The van der Waals surface area contributed by atoms with Crippen LogP contribution in [0.4, 0.5) is 0 Å². The van der Waals surface area contributed by atoms with Crippen LogP contribution in [0.15, 0.2) is 461 Å². The van der Waals surface area contributed by atoms with Gasteiger partial charge in [-0.25, -0.2) is 0 Å². The van der Waals surface area contributed by atoms with Crippen LogP contribution in [-0.4, -0.2) is 27.4 Å². The van der Waals surface area contributed by atoms with Crippen LogP contribution in [0.5, 0.6) is 0 Å². The second-order valence-electron chi connectivity index (χ2n) is 33.3. The molecule has 6 heteroatoms. The molecule has 126 heavy (non-hydrogen) atoms. The van der Waals surface area contributed by atoms with Crippen LogP contribution in [0.1, 0.15) is 0 Å². The van der Waals surface area contributed by atoms with Gasteiger partial charge in [0.1, 0.15) is 0 Å². The number of hydrogen-bond donors (Lipinski definition) is 0. The predicted molar refractivity (Wildman–Crippen MR) is 533 cm³/mol. The molecule has 0 amide bonds. The molecule has 27 aromatic rings. The smallest absolute Gasteiger partial charge is 0.0547 e. The highest BCUT2D eigenvalue weighted by Crippen LogP contribution is 2.50. The Balaban J connectivity index is 0.000000134. The zero-order valence-electron chi connectivity index (χ0n) is 68.6. The zero-order chi connectivity index (χ0) is 82.6. The van der Waals surface area contributed by atoms with Gasteiger partial charge >= 0.3 is 0 Å². The fourth-order valence-corrected chi connectivity index (χ4v) is 21.3. The minimum Gasteiger partial charge on any atom is -0.309 e. The van der Waals surface area contributed by atoms with E-state index in [0.717, 1.165) is 22.7 Å². The van der Waals surface area contributed by atoms with E-state index in [1.165, 1.54) is 219 Å². The lowest BCUT2D eigenvalue weighted by Crippen LogP contribution is -1.96. The lowest BCUT2D eigenvalue weighted by molar-refractivity contribution is 1.17. The lowest BCUT2D eigenvalue weighted by atomic mass is 9.95. The molecule has 0 unspecified atom stereocenters. The molecular formula is C120H76N6. The third kappa shape index (κ3) is 10.8. The molecule has 0 N–H and O–H groups in total. The second-order valence-corrected chi connectivity index (χ2v) is 33.3. The average Bonchev–Trinajstić information content (AvgIpc) is 1.57. The van der Waals surface area contributed by atoms with Gasteiger partial charge in [0.15, 0.2) is 0 Å². The summed E-state index contributed by atoms with van der Waals surface area (Å²) in [5, 5.41) is 22.4. The molecule has 6 aromatic heterocycles. The van der Waals surface area contributed by atoms with Crippen LogP contribution in [0.25, 0.3) is 242 Å². The summed E-state index contributed by atoms with van der Waals surface area (Å²) in [6.45, 7) is 0. The predicted octanol–water partition coefficient (Wildman–Crippen LogP) is 32.1. The van der Waals surface area contributed by atoms with Crippen LogP contribution in [0.2, 0.25) is 0 Å². The first-order valence-corrected chi connectivity index (χ1v) is 43.5. The Labute approximate surface area is 725 Å². The second kappa shape index (κ2) is 28.4. The third-order valence-electron chi connectivity index (χ3n) is 26.6. The van der Waals surface area contributed by atoms with Crippen molar-refractivity contribution in [2.45, 2.75) is 0 Å². The minimum absolute atomic E-state index is 1.14. The number of para-hydroxylation sites is 6. The van der Waals surface area contributed by atoms with Crippen LogP contribution in [-0.2, 0) is 0 Å². The summed E-state index contributed by atoms with van der Waals surface area (Å²) < 4.78 is 14.7. The largest absolute Gasteiger partial charge is 0.309 e. The fourth-order valence-electron chi connectivity index (χ4n) is 21.3. The molecule has 0 aliphatic rings. The molecule has 0 fully saturated rings. The summed E-state index contributed by atoms with van der Waals surface area (Å²) in [6.07, 6.45) is 0. The molecule has 0 saturated carbocycles. The Hall–Kier alpha value is -16.8. The number of fused-ring (bicyclic) bond motifs is 22. The monoisotopic (exact) mass is 1600 g/mol. The number of rotatable bonds is 10. The Morgan fingerprint density at radius 3 is 0.841 bits per heavy atom. The van der Waals surface area contributed by atoms with Crippen LogP contribution in [0, 0.1) is 0 Å². The van der Waals surface area contributed by atoms with E-state index in [0.29, 0.717) is 0 Å². The highest BCUT2D eigenvalue weighted by Gasteiger charge is 2.27. The third-order valence-corrected chi connectivity index (χ3v) is 26.6. The summed E-state index contributed by atoms with van der Waals surface area (Å²) in [5.41, 5.74) is 31.0. The van der Waals surface area contributed by atoms with Gasteiger partial charge in [0.25, 0.3) is 0 Å². The van der Waals surface area contributed by atoms with Crippen molar-refractivity contribution in [1.29, 1.82) is 0 Å². The molecule has 586 valence electrons. The molecule has 0 aliphatic heterocycles. The first-order chi connectivity index (χ1) is 62.6. The van der Waals surface area contributed by atoms with E-state index in [1.54, 1.807) is 0 Å². The lowest BCUT2D eigenvalue weighted by Gasteiger charge is -2.14. The number of nitrogens with zero attached hydrogens (tertiary/aromatic N) is 6. The van der Waals surface area contributed by atoms with Gasteiger partial charge < -0.3 is 27.4 Å². The van der Waals surface area contributed by atoms with Crippen LogP contribution < -0.4 is 0 Å². The maximum atomic E-state index is 2.50. The highest BCUT2D eigenvalue weighted by molar-refractivity contribution is 6.26. The van der Waals surface area contributed by atoms with Gasteiger partial charge in [-0.1, -0.05) is 315 Å². The maximum absolute atomic E-state index is 2.50. The van der Waals surface area contributed by atoms with Crippen molar-refractivity contribution in [3.8, 4) is 78.6 Å². The Bertz CT molecular complexity index is 9140. The molecule has 0 atom stereocenters. The van der Waals surface area contributed by atoms with Gasteiger partial charge in [-0.2, -0.15) is 0 Å². The van der Waals surface area contributed by atoms with Crippen molar-refractivity contribution in [1.82, 2.24) is 27.4 Å². The molecule has 27 rings (SSSR count). The summed E-state index contributed by atoms with van der Waals surface area (Å²) in [4.78, 5) is 0. The minimum atomic E-state index is 1.14. The maximum Gasteiger partial charge on any atom is 0.0547 e. The Morgan fingerprint density at radius 2 is 0.405 bits per heavy atom. The van der Waals surface area contributed by atoms with E-state index in [1.807, 2.05) is 0 Å². The van der Waals surface area contributed by atoms with Gasteiger partial charge in [0, 0.05) is 98.2 Å². The van der Waals surface area contributed by atoms with E-state index in [4.69, 9.17) is 0 Å². The molecule has 0 spiro atoms. The molecule has 6 nitrogen and oxygen atoms in total. The summed E-state index contributed by atoms with van der Waals surface area (Å²) in [6, 6.07) is 169. The van der Waals surface area contributed by atoms with Crippen molar-refractivity contribution < 1.29 is 0 Å². The normalized spacial score (nSPS) is 12.0. The summed E-state index contributed by atoms with van der Waals surface area (Å²) >= 11 is 0. The molecule has 0 aliphatic carbocycles. The molecule has 6 heterocycles. The topological polar surface area (TPSA) is 29.6 Å². The Morgan fingerprint density at radius 1 is 0.119 bits per heavy atom. The first kappa shape index (κ1) is 71.0. The van der Waals surface area contributed by atoms with Crippen molar-refractivity contribution in [3.63, 3.8) is 0 Å². The Kier molecular flexibility index (Phi) is 16.0. The van der Waals surface area contributed by atoms with Crippen LogP contribution >= 0.6 is 0 Å². The molecule has 21 aromatic carbocycles. The van der Waals surface area contributed by atoms with Gasteiger partial charge in [-0.3, -0.25) is 0 Å². The standard InChI is InChI=1S/C62H39N3.C58H37N3/c1-3-17-40(18-4-1)41-33-35-56-52(37-41)53-39-44(34-36-57(53)63(56)43-20-5-2-6-21-43)64-54-29-13-11-25-50(54)61-48(27-15-31-58(61)64)49-28-16-32-59-62(49)51-26-12-14-30-55(51)65(59)60-38-42-19-7-8-22-45(42)46-23-9-10-24-47(46)60;1-3-16-38(17-4-1)40-32-34-53-48(36-40)49-37-42(33-35-54(49)59(53)41-20-5-2-6-21-41)60-51-27-11-9-23-46(51)57-44(25-14-30-55(57)60)45-26-15-31-56-58(45)47-24-10-12-28-52(47)61(56)50-29-13-19-39-18-7-8-22-43(39)50/h1-39H;1-37H. The average molecular weight is 1600 g/mol. The van der Waals surface area contributed by atoms with Gasteiger partial charge in [-0.05, 0) is 212 Å². The highest BCUT2D eigenvalue weighted by atomic mass is 15.0. The summed E-state index contributed by atoms with van der Waals surface area (Å²) in [5.74, 6) is 0. The zero-order valence-corrected chi connectivity index (χ0v) is 68.6. The molecule has 0 saturated heterocycles. The van der Waals surface area contributed by atoms with Crippen molar-refractivity contribution >= 4 is 163 Å². The SMILES string of the molecule is c1ccc(-c2ccc3c(c2)c2cc(-n4c5ccccc5c5c(-c6cccc7c6c6ccccc6n7-c6cc7ccccc7c7ccccc67)cccc54)ccc2n3-c2ccccc2)cc1.c1ccc(-c2ccc3c(c2)c2cc(-n4c5ccccc5c5c(-c6cccc7c6c6ccccc6n7-c6cccc7ccccc67)cccc54)ccc2n3-c2ccccc2)cc1. The number of aromatic nitrogens is 6. The molecule has 0 radical (unpaired) electrons. The van der Waals surface area contributed by atoms with E-state index in [2.05, 4.69) is 488 Å². The van der Waals surface area contributed by atoms with Gasteiger partial charge in [0.05, 0.1) is 77.6 Å². The number of benzene rings is 21. The van der Waals surface area contributed by atoms with Gasteiger partial charge in [0.2, 0.25) is 0 Å². The quantitative estimate of drug-likeness (QED) is 0.122. The van der Waals surface area contributed by atoms with E-state index in [9.17, 15) is 0 Å². The first-order valence-electron chi connectivity index (χ1n) is 43.5. The van der Waals surface area contributed by atoms with E-state index in [-0.39, 0.29) is 0 Å².